The number of aromatic nitrogens is 2. The SMILES string of the molecule is C=C[C@@H]1C[C@@]1(NC(=O)[C@@H]1C[C@@H](n2ncc(-c3ccccc3)c(-c3ccccc3)c2=O)CN1C(=O)[C@@H](NC(=O)OC1CCCC1)C(C)(C)C)C(=O)NNC(C)=O. The lowest BCUT2D eigenvalue weighted by atomic mass is 9.85. The van der Waals surface area contributed by atoms with Gasteiger partial charge in [-0.15, -0.1) is 6.58 Å². The number of benzene rings is 2. The molecular weight excluding hydrogens is 702 g/mol. The molecule has 0 unspecified atom stereocenters. The quantitative estimate of drug-likeness (QED) is 0.177. The zero-order valence-corrected chi connectivity index (χ0v) is 31.7. The van der Waals surface area contributed by atoms with Gasteiger partial charge in [0, 0.05) is 31.4 Å². The molecule has 2 heterocycles. The number of hydrogen-bond donors (Lipinski definition) is 4. The predicted molar refractivity (Wildman–Crippen MR) is 205 cm³/mol. The first-order chi connectivity index (χ1) is 26.2. The van der Waals surface area contributed by atoms with Crippen molar-refractivity contribution >= 4 is 29.7 Å². The van der Waals surface area contributed by atoms with Crippen LogP contribution in [0.2, 0.25) is 0 Å². The Bertz CT molecular complexity index is 2010. The van der Waals surface area contributed by atoms with E-state index < -0.39 is 70.3 Å². The fourth-order valence-corrected chi connectivity index (χ4v) is 7.65. The largest absolute Gasteiger partial charge is 0.446 e. The molecule has 0 bridgehead atoms. The van der Waals surface area contributed by atoms with Gasteiger partial charge in [-0.3, -0.25) is 34.8 Å². The molecule has 14 nitrogen and oxygen atoms in total. The molecule has 55 heavy (non-hydrogen) atoms. The third-order valence-corrected chi connectivity index (χ3v) is 10.7. The van der Waals surface area contributed by atoms with Crippen LogP contribution in [0, 0.1) is 11.3 Å². The lowest BCUT2D eigenvalue weighted by molar-refractivity contribution is -0.143. The van der Waals surface area contributed by atoms with Crippen LogP contribution in [0.1, 0.15) is 72.3 Å². The molecule has 290 valence electrons. The van der Waals surface area contributed by atoms with E-state index in [9.17, 15) is 28.8 Å². The third kappa shape index (κ3) is 8.32. The minimum absolute atomic E-state index is 0.0189. The number of carbonyl (C=O) groups is 5. The van der Waals surface area contributed by atoms with E-state index >= 15 is 0 Å². The second-order valence-corrected chi connectivity index (χ2v) is 15.7. The van der Waals surface area contributed by atoms with Crippen molar-refractivity contribution in [2.75, 3.05) is 6.54 Å². The molecule has 2 aliphatic carbocycles. The molecule has 5 amide bonds. The topological polar surface area (TPSA) is 181 Å². The van der Waals surface area contributed by atoms with Crippen LogP contribution < -0.4 is 27.0 Å². The van der Waals surface area contributed by atoms with Gasteiger partial charge in [-0.05, 0) is 48.6 Å². The highest BCUT2D eigenvalue weighted by Gasteiger charge is 2.61. The average molecular weight is 752 g/mol. The molecule has 3 aliphatic rings. The molecule has 1 aromatic heterocycles. The van der Waals surface area contributed by atoms with Crippen molar-refractivity contribution in [1.82, 2.24) is 36.2 Å². The summed E-state index contributed by atoms with van der Waals surface area (Å²) in [6.07, 6.45) is 5.81. The van der Waals surface area contributed by atoms with Gasteiger partial charge in [0.1, 0.15) is 23.7 Å². The second kappa shape index (κ2) is 15.9. The van der Waals surface area contributed by atoms with E-state index in [-0.39, 0.29) is 25.5 Å². The fraction of sp³-hybridized carbons (Fsp3) is 0.439. The Kier molecular flexibility index (Phi) is 11.3. The Morgan fingerprint density at radius 1 is 0.964 bits per heavy atom. The smallest absolute Gasteiger partial charge is 0.408 e. The fourth-order valence-electron chi connectivity index (χ4n) is 7.65. The van der Waals surface area contributed by atoms with Crippen LogP contribution in [-0.2, 0) is 23.9 Å². The molecule has 2 aromatic carbocycles. The summed E-state index contributed by atoms with van der Waals surface area (Å²) < 4.78 is 6.98. The highest BCUT2D eigenvalue weighted by atomic mass is 16.6. The average Bonchev–Trinajstić information content (AvgIpc) is 3.43. The van der Waals surface area contributed by atoms with E-state index in [0.29, 0.717) is 16.7 Å². The van der Waals surface area contributed by atoms with Gasteiger partial charge < -0.3 is 20.3 Å². The normalized spacial score (nSPS) is 22.6. The minimum atomic E-state index is -1.42. The first-order valence-electron chi connectivity index (χ1n) is 18.8. The number of nitrogens with zero attached hydrogens (tertiary/aromatic N) is 3. The summed E-state index contributed by atoms with van der Waals surface area (Å²) in [5.74, 6) is -2.78. The predicted octanol–water partition coefficient (Wildman–Crippen LogP) is 4.03. The summed E-state index contributed by atoms with van der Waals surface area (Å²) in [6, 6.07) is 15.6. The first-order valence-corrected chi connectivity index (χ1v) is 18.8. The zero-order valence-electron chi connectivity index (χ0n) is 31.7. The van der Waals surface area contributed by atoms with Crippen molar-refractivity contribution in [3.63, 3.8) is 0 Å². The van der Waals surface area contributed by atoms with E-state index in [2.05, 4.69) is 33.2 Å². The Labute approximate surface area is 320 Å². The van der Waals surface area contributed by atoms with Crippen molar-refractivity contribution in [2.45, 2.75) is 96.0 Å². The molecule has 4 N–H and O–H groups in total. The van der Waals surface area contributed by atoms with Gasteiger partial charge in [0.25, 0.3) is 11.5 Å². The number of nitrogens with one attached hydrogen (secondary N) is 4. The maximum Gasteiger partial charge on any atom is 0.408 e. The van der Waals surface area contributed by atoms with Crippen LogP contribution in [0.3, 0.4) is 0 Å². The number of hydrogen-bond acceptors (Lipinski definition) is 8. The van der Waals surface area contributed by atoms with Crippen LogP contribution in [-0.4, -0.2) is 74.7 Å². The Morgan fingerprint density at radius 3 is 2.18 bits per heavy atom. The van der Waals surface area contributed by atoms with Gasteiger partial charge in [0.15, 0.2) is 0 Å². The molecule has 6 rings (SSSR count). The standard InChI is InChI=1S/C41H49N7O7/c1-6-28-22-41(28,38(53)46-45-25(2)49)44-35(50)32-21-29(24-47(32)37(52)34(40(3,4)5)43-39(54)55-30-19-13-14-20-30)48-36(51)33(27-17-11-8-12-18-27)31(23-42-48)26-15-9-7-10-16-26/h6-12,15-18,23,28-30,32,34H,1,13-14,19-22,24H2,2-5H3,(H,43,54)(H,44,50)(H,45,49)(H,46,53)/t28-,29-,32+,34-,41+/m1/s1. The monoisotopic (exact) mass is 751 g/mol. The molecule has 1 saturated heterocycles. The van der Waals surface area contributed by atoms with Gasteiger partial charge in [0.05, 0.1) is 17.8 Å². The molecule has 14 heteroatoms. The number of alkyl carbamates (subject to hydrolysis) is 1. The number of likely N-dealkylation sites (tertiary alicyclic amines) is 1. The number of ether oxygens (including phenoxy) is 1. The van der Waals surface area contributed by atoms with Crippen LogP contribution in [0.4, 0.5) is 4.79 Å². The molecular formula is C41H49N7O7. The summed E-state index contributed by atoms with van der Waals surface area (Å²) in [6.45, 7) is 10.3. The lowest BCUT2D eigenvalue weighted by Gasteiger charge is -2.35. The van der Waals surface area contributed by atoms with Gasteiger partial charge in [-0.25, -0.2) is 9.48 Å². The van der Waals surface area contributed by atoms with Crippen molar-refractivity contribution in [1.29, 1.82) is 0 Å². The first kappa shape index (κ1) is 38.9. The van der Waals surface area contributed by atoms with Crippen LogP contribution >= 0.6 is 0 Å². The zero-order chi connectivity index (χ0) is 39.5. The van der Waals surface area contributed by atoms with Gasteiger partial charge >= 0.3 is 6.09 Å². The summed E-state index contributed by atoms with van der Waals surface area (Å²) >= 11 is 0. The molecule has 3 fully saturated rings. The maximum atomic E-state index is 14.7. The van der Waals surface area contributed by atoms with Crippen molar-refractivity contribution in [3.05, 3.63) is 89.9 Å². The Hall–Kier alpha value is -5.79. The van der Waals surface area contributed by atoms with Gasteiger partial charge in [-0.2, -0.15) is 5.10 Å². The third-order valence-electron chi connectivity index (χ3n) is 10.7. The Morgan fingerprint density at radius 2 is 1.60 bits per heavy atom. The summed E-state index contributed by atoms with van der Waals surface area (Å²) in [5.41, 5.74) is 4.49. The minimum Gasteiger partial charge on any atom is -0.446 e. The maximum absolute atomic E-state index is 14.7. The highest BCUT2D eigenvalue weighted by Crippen LogP contribution is 2.45. The molecule has 3 aromatic rings. The number of amides is 5. The Balaban J connectivity index is 1.37. The molecule has 0 spiro atoms. The lowest BCUT2D eigenvalue weighted by Crippen LogP contribution is -2.60. The van der Waals surface area contributed by atoms with E-state index in [1.165, 1.54) is 16.5 Å². The number of rotatable bonds is 10. The summed E-state index contributed by atoms with van der Waals surface area (Å²) in [4.78, 5) is 83.1. The van der Waals surface area contributed by atoms with Gasteiger partial charge in [0.2, 0.25) is 17.7 Å². The number of carbonyl (C=O) groups excluding carboxylic acids is 5. The van der Waals surface area contributed by atoms with Gasteiger partial charge in [-0.1, -0.05) is 87.5 Å². The van der Waals surface area contributed by atoms with Crippen molar-refractivity contribution in [2.24, 2.45) is 11.3 Å². The molecule has 1 aliphatic heterocycles. The molecule has 2 saturated carbocycles. The highest BCUT2D eigenvalue weighted by molar-refractivity contribution is 5.99. The van der Waals surface area contributed by atoms with Crippen LogP contribution in [0.5, 0.6) is 0 Å². The van der Waals surface area contributed by atoms with Crippen molar-refractivity contribution in [3.8, 4) is 22.3 Å². The second-order valence-electron chi connectivity index (χ2n) is 15.7. The number of hydrazine groups is 1. The summed E-state index contributed by atoms with van der Waals surface area (Å²) in [7, 11) is 0. The van der Waals surface area contributed by atoms with Crippen LogP contribution in [0.15, 0.2) is 84.3 Å². The molecule has 5 atom stereocenters. The van der Waals surface area contributed by atoms with E-state index in [4.69, 9.17) is 4.74 Å². The van der Waals surface area contributed by atoms with E-state index in [1.807, 2.05) is 60.7 Å². The van der Waals surface area contributed by atoms with E-state index in [0.717, 1.165) is 31.2 Å². The van der Waals surface area contributed by atoms with E-state index in [1.54, 1.807) is 33.0 Å². The van der Waals surface area contributed by atoms with Crippen LogP contribution in [0.25, 0.3) is 22.3 Å². The summed E-state index contributed by atoms with van der Waals surface area (Å²) in [5, 5.41) is 10.2. The van der Waals surface area contributed by atoms with Crippen molar-refractivity contribution < 1.29 is 28.7 Å². The molecule has 0 radical (unpaired) electrons.